The van der Waals surface area contributed by atoms with E-state index in [-0.39, 0.29) is 11.8 Å². The van der Waals surface area contributed by atoms with Gasteiger partial charge in [-0.05, 0) is 19.9 Å². The highest BCUT2D eigenvalue weighted by Crippen LogP contribution is 2.36. The number of allylic oxidation sites excluding steroid dienone is 2. The zero-order valence-electron chi connectivity index (χ0n) is 14.1. The van der Waals surface area contributed by atoms with E-state index >= 15 is 0 Å². The van der Waals surface area contributed by atoms with Crippen molar-refractivity contribution in [2.45, 2.75) is 26.3 Å². The molecule has 0 N–H and O–H groups in total. The van der Waals surface area contributed by atoms with E-state index in [4.69, 9.17) is 16.1 Å². The van der Waals surface area contributed by atoms with Crippen molar-refractivity contribution in [3.63, 3.8) is 0 Å². The Kier molecular flexibility index (Phi) is 4.16. The molecule has 2 amide bonds. The quantitative estimate of drug-likeness (QED) is 0.753. The summed E-state index contributed by atoms with van der Waals surface area (Å²) in [6, 6.07) is 0. The van der Waals surface area contributed by atoms with Crippen LogP contribution in [0.4, 0.5) is 0 Å². The van der Waals surface area contributed by atoms with Crippen LogP contribution < -0.4 is 0 Å². The molecule has 0 spiro atoms. The van der Waals surface area contributed by atoms with Crippen molar-refractivity contribution in [2.24, 2.45) is 0 Å². The molecule has 4 heterocycles. The highest BCUT2D eigenvalue weighted by Gasteiger charge is 2.46. The Morgan fingerprint density at radius 2 is 2.15 bits per heavy atom. The van der Waals surface area contributed by atoms with Gasteiger partial charge in [-0.25, -0.2) is 4.98 Å². The number of thiazole rings is 1. The normalized spacial score (nSPS) is 19.8. The Morgan fingerprint density at radius 1 is 1.35 bits per heavy atom. The first-order valence-corrected chi connectivity index (χ1v) is 9.19. The molecule has 26 heavy (non-hydrogen) atoms. The Labute approximate surface area is 158 Å². The van der Waals surface area contributed by atoms with Crippen LogP contribution in [0.1, 0.15) is 27.8 Å². The van der Waals surface area contributed by atoms with Crippen molar-refractivity contribution in [1.29, 1.82) is 0 Å². The number of carbonyl (C=O) groups excluding carboxylic acids is 2. The molecule has 2 aliphatic rings. The predicted molar refractivity (Wildman–Crippen MR) is 95.3 cm³/mol. The van der Waals surface area contributed by atoms with Gasteiger partial charge in [-0.2, -0.15) is 0 Å². The van der Waals surface area contributed by atoms with E-state index in [2.05, 4.69) is 10.1 Å². The number of rotatable bonds is 3. The number of halogens is 1. The van der Waals surface area contributed by atoms with Gasteiger partial charge in [-0.15, -0.1) is 11.3 Å². The monoisotopic (exact) mass is 390 g/mol. The SMILES string of the molecule is Cc1noc(C)c1C1C(=O)N2CC=CC=C2N(Cc2cnc(Cl)s2)C1=O. The molecule has 7 nitrogen and oxygen atoms in total. The summed E-state index contributed by atoms with van der Waals surface area (Å²) in [5.74, 6) is -0.483. The lowest BCUT2D eigenvalue weighted by Crippen LogP contribution is -2.54. The van der Waals surface area contributed by atoms with E-state index in [1.54, 1.807) is 35.9 Å². The van der Waals surface area contributed by atoms with Crippen LogP contribution in [0.2, 0.25) is 4.47 Å². The van der Waals surface area contributed by atoms with E-state index < -0.39 is 5.92 Å². The number of aromatic nitrogens is 2. The van der Waals surface area contributed by atoms with Crippen molar-refractivity contribution in [3.8, 4) is 0 Å². The van der Waals surface area contributed by atoms with Crippen LogP contribution in [0, 0.1) is 13.8 Å². The van der Waals surface area contributed by atoms with Crippen LogP contribution in [0.3, 0.4) is 0 Å². The Bertz CT molecular complexity index is 942. The minimum absolute atomic E-state index is 0.265. The molecule has 9 heteroatoms. The third-order valence-corrected chi connectivity index (χ3v) is 5.56. The summed E-state index contributed by atoms with van der Waals surface area (Å²) < 4.78 is 5.61. The van der Waals surface area contributed by atoms with E-state index in [1.165, 1.54) is 11.3 Å². The smallest absolute Gasteiger partial charge is 0.245 e. The zero-order chi connectivity index (χ0) is 18.4. The number of amides is 2. The largest absolute Gasteiger partial charge is 0.361 e. The number of carbonyl (C=O) groups is 2. The van der Waals surface area contributed by atoms with Crippen LogP contribution in [-0.4, -0.2) is 38.3 Å². The fraction of sp³-hybridized carbons (Fsp3) is 0.294. The Morgan fingerprint density at radius 3 is 2.81 bits per heavy atom. The van der Waals surface area contributed by atoms with Crippen molar-refractivity contribution in [1.82, 2.24) is 19.9 Å². The van der Waals surface area contributed by atoms with Crippen molar-refractivity contribution in [2.75, 3.05) is 6.54 Å². The molecular formula is C17H15ClN4O3S. The summed E-state index contributed by atoms with van der Waals surface area (Å²) in [7, 11) is 0. The second-order valence-electron chi connectivity index (χ2n) is 6.08. The van der Waals surface area contributed by atoms with Crippen molar-refractivity contribution in [3.05, 3.63) is 56.6 Å². The molecule has 1 atom stereocenters. The van der Waals surface area contributed by atoms with Gasteiger partial charge in [0, 0.05) is 23.2 Å². The molecule has 0 radical (unpaired) electrons. The third-order valence-electron chi connectivity index (χ3n) is 4.46. The van der Waals surface area contributed by atoms with Gasteiger partial charge in [0.15, 0.2) is 4.47 Å². The summed E-state index contributed by atoms with van der Waals surface area (Å²) in [5, 5.41) is 3.91. The topological polar surface area (TPSA) is 79.5 Å². The lowest BCUT2D eigenvalue weighted by atomic mass is 9.91. The van der Waals surface area contributed by atoms with E-state index in [0.717, 1.165) is 4.88 Å². The molecule has 0 saturated carbocycles. The van der Waals surface area contributed by atoms with Crippen LogP contribution >= 0.6 is 22.9 Å². The average Bonchev–Trinajstić information content (AvgIpc) is 3.18. The fourth-order valence-electron chi connectivity index (χ4n) is 3.29. The van der Waals surface area contributed by atoms with Gasteiger partial charge in [0.2, 0.25) is 11.8 Å². The molecular weight excluding hydrogens is 376 g/mol. The van der Waals surface area contributed by atoms with Gasteiger partial charge in [0.1, 0.15) is 17.5 Å². The van der Waals surface area contributed by atoms with Gasteiger partial charge in [-0.1, -0.05) is 28.9 Å². The first-order valence-electron chi connectivity index (χ1n) is 8.00. The molecule has 134 valence electrons. The summed E-state index contributed by atoms with van der Waals surface area (Å²) >= 11 is 7.23. The number of hydrogen-bond donors (Lipinski definition) is 0. The Balaban J connectivity index is 1.78. The highest BCUT2D eigenvalue weighted by atomic mass is 35.5. The molecule has 2 aromatic heterocycles. The first-order chi connectivity index (χ1) is 12.5. The predicted octanol–water partition coefficient (Wildman–Crippen LogP) is 2.77. The van der Waals surface area contributed by atoms with Gasteiger partial charge >= 0.3 is 0 Å². The summed E-state index contributed by atoms with van der Waals surface area (Å²) in [5.41, 5.74) is 1.09. The minimum Gasteiger partial charge on any atom is -0.361 e. The van der Waals surface area contributed by atoms with E-state index in [0.29, 0.717) is 40.4 Å². The molecule has 0 bridgehead atoms. The van der Waals surface area contributed by atoms with E-state index in [1.807, 2.05) is 12.2 Å². The highest BCUT2D eigenvalue weighted by molar-refractivity contribution is 7.15. The first kappa shape index (κ1) is 17.0. The second kappa shape index (κ2) is 6.37. The van der Waals surface area contributed by atoms with E-state index in [9.17, 15) is 9.59 Å². The molecule has 0 aliphatic carbocycles. The average molecular weight is 391 g/mol. The lowest BCUT2D eigenvalue weighted by Gasteiger charge is -2.41. The molecule has 1 saturated heterocycles. The summed E-state index contributed by atoms with van der Waals surface area (Å²) in [4.78, 5) is 34.5. The molecule has 1 unspecified atom stereocenters. The fourth-order valence-corrected chi connectivity index (χ4v) is 4.26. The molecule has 2 aromatic rings. The molecule has 2 aliphatic heterocycles. The maximum absolute atomic E-state index is 13.3. The number of fused-ring (bicyclic) bond motifs is 1. The number of aryl methyl sites for hydroxylation is 2. The van der Waals surface area contributed by atoms with Crippen LogP contribution in [-0.2, 0) is 16.1 Å². The molecule has 0 aromatic carbocycles. The second-order valence-corrected chi connectivity index (χ2v) is 7.77. The summed E-state index contributed by atoms with van der Waals surface area (Å²) in [6.45, 7) is 4.16. The lowest BCUT2D eigenvalue weighted by molar-refractivity contribution is -0.148. The molecule has 4 rings (SSSR count). The standard InChI is InChI=1S/C17H15ClN4O3S/c1-9-13(10(2)25-20-9)14-15(23)21-6-4-3-5-12(21)22(16(14)24)8-11-7-19-17(18)26-11/h3-5,7,14H,6,8H2,1-2H3. The van der Waals surface area contributed by atoms with Gasteiger partial charge in [-0.3, -0.25) is 19.4 Å². The Hall–Kier alpha value is -2.45. The summed E-state index contributed by atoms with van der Waals surface area (Å²) in [6.07, 6.45) is 7.13. The van der Waals surface area contributed by atoms with Crippen molar-refractivity contribution < 1.29 is 14.1 Å². The van der Waals surface area contributed by atoms with Gasteiger partial charge in [0.05, 0.1) is 12.2 Å². The molecule has 1 fully saturated rings. The number of nitrogens with zero attached hydrogens (tertiary/aromatic N) is 4. The maximum atomic E-state index is 13.3. The van der Waals surface area contributed by atoms with Crippen LogP contribution in [0.5, 0.6) is 0 Å². The van der Waals surface area contributed by atoms with Gasteiger partial charge in [0.25, 0.3) is 0 Å². The van der Waals surface area contributed by atoms with Crippen LogP contribution in [0.25, 0.3) is 0 Å². The van der Waals surface area contributed by atoms with Gasteiger partial charge < -0.3 is 4.52 Å². The number of hydrogen-bond acceptors (Lipinski definition) is 6. The third kappa shape index (κ3) is 2.65. The maximum Gasteiger partial charge on any atom is 0.245 e. The minimum atomic E-state index is -0.965. The van der Waals surface area contributed by atoms with Crippen molar-refractivity contribution >= 4 is 34.8 Å². The zero-order valence-corrected chi connectivity index (χ0v) is 15.7. The van der Waals surface area contributed by atoms with Crippen LogP contribution in [0.15, 0.2) is 34.8 Å².